The van der Waals surface area contributed by atoms with Crippen LogP contribution in [0.1, 0.15) is 29.8 Å². The van der Waals surface area contributed by atoms with Crippen LogP contribution in [0.4, 0.5) is 0 Å². The highest BCUT2D eigenvalue weighted by Crippen LogP contribution is 2.36. The van der Waals surface area contributed by atoms with E-state index in [1.165, 1.54) is 5.57 Å². The van der Waals surface area contributed by atoms with Crippen molar-refractivity contribution in [1.29, 1.82) is 0 Å². The van der Waals surface area contributed by atoms with Gasteiger partial charge >= 0.3 is 0 Å². The molecular weight excluding hydrogens is 359 g/mol. The van der Waals surface area contributed by atoms with Crippen LogP contribution in [-0.2, 0) is 0 Å². The van der Waals surface area contributed by atoms with Gasteiger partial charge in [0, 0.05) is 21.7 Å². The second kappa shape index (κ2) is 7.34. The number of hydrogen-bond acceptors (Lipinski definition) is 3. The van der Waals surface area contributed by atoms with Gasteiger partial charge < -0.3 is 9.47 Å². The molecule has 0 aromatic heterocycles. The number of Topliss-reactive ketones (excluding diaryl/α,β-unsaturated/α-hetero) is 1. The number of halogens is 2. The van der Waals surface area contributed by atoms with Gasteiger partial charge in [0.05, 0.1) is 5.56 Å². The Morgan fingerprint density at radius 3 is 2.56 bits per heavy atom. The summed E-state index contributed by atoms with van der Waals surface area (Å²) in [5.41, 5.74) is 2.22. The summed E-state index contributed by atoms with van der Waals surface area (Å²) >= 11 is 12.3. The zero-order chi connectivity index (χ0) is 18.0. The average molecular weight is 375 g/mol. The van der Waals surface area contributed by atoms with Crippen molar-refractivity contribution in [3.05, 3.63) is 75.0 Å². The maximum Gasteiger partial charge on any atom is 0.231 e. The summed E-state index contributed by atoms with van der Waals surface area (Å²) in [6.45, 7) is 4.47. The molecule has 0 saturated carbocycles. The lowest BCUT2D eigenvalue weighted by molar-refractivity contribution is 0.101. The summed E-state index contributed by atoms with van der Waals surface area (Å²) in [5.74, 6) is 1.09. The van der Waals surface area contributed by atoms with Gasteiger partial charge in [-0.25, -0.2) is 0 Å². The SMILES string of the molecule is CC(C)=CCOc1ccc2c(c1)O/C(=C/c1c(Cl)cccc1Cl)C2=O. The van der Waals surface area contributed by atoms with Crippen LogP contribution in [0.15, 0.2) is 53.8 Å². The first-order valence-corrected chi connectivity index (χ1v) is 8.50. The van der Waals surface area contributed by atoms with Crippen LogP contribution in [-0.4, -0.2) is 12.4 Å². The minimum absolute atomic E-state index is 0.187. The van der Waals surface area contributed by atoms with Gasteiger partial charge in [-0.2, -0.15) is 0 Å². The monoisotopic (exact) mass is 374 g/mol. The van der Waals surface area contributed by atoms with E-state index in [0.717, 1.165) is 0 Å². The largest absolute Gasteiger partial charge is 0.489 e. The molecule has 2 aromatic rings. The molecule has 1 aliphatic heterocycles. The predicted molar refractivity (Wildman–Crippen MR) is 101 cm³/mol. The van der Waals surface area contributed by atoms with E-state index < -0.39 is 0 Å². The molecule has 128 valence electrons. The Hall–Kier alpha value is -2.23. The van der Waals surface area contributed by atoms with Crippen molar-refractivity contribution in [3.8, 4) is 11.5 Å². The zero-order valence-electron chi connectivity index (χ0n) is 13.8. The van der Waals surface area contributed by atoms with Crippen LogP contribution in [0.5, 0.6) is 11.5 Å². The number of carbonyl (C=O) groups excluding carboxylic acids is 1. The maximum atomic E-state index is 12.5. The Balaban J connectivity index is 1.86. The fourth-order valence-corrected chi connectivity index (χ4v) is 2.85. The van der Waals surface area contributed by atoms with E-state index >= 15 is 0 Å². The first kappa shape index (κ1) is 17.6. The molecule has 0 aliphatic carbocycles. The minimum atomic E-state index is -0.207. The molecule has 3 nitrogen and oxygen atoms in total. The summed E-state index contributed by atoms with van der Waals surface area (Å²) in [6, 6.07) is 10.3. The van der Waals surface area contributed by atoms with Crippen molar-refractivity contribution in [1.82, 2.24) is 0 Å². The van der Waals surface area contributed by atoms with Gasteiger partial charge in [0.2, 0.25) is 5.78 Å². The van der Waals surface area contributed by atoms with Crippen LogP contribution in [0, 0.1) is 0 Å². The van der Waals surface area contributed by atoms with E-state index in [1.54, 1.807) is 42.5 Å². The highest BCUT2D eigenvalue weighted by Gasteiger charge is 2.28. The van der Waals surface area contributed by atoms with Crippen molar-refractivity contribution >= 4 is 35.1 Å². The number of carbonyl (C=O) groups is 1. The average Bonchev–Trinajstić information content (AvgIpc) is 2.86. The van der Waals surface area contributed by atoms with Crippen LogP contribution in [0.2, 0.25) is 10.0 Å². The van der Waals surface area contributed by atoms with Gasteiger partial charge in [0.25, 0.3) is 0 Å². The van der Waals surface area contributed by atoms with Crippen LogP contribution >= 0.6 is 23.2 Å². The summed E-state index contributed by atoms with van der Waals surface area (Å²) in [5, 5.41) is 0.913. The van der Waals surface area contributed by atoms with E-state index in [-0.39, 0.29) is 11.5 Å². The van der Waals surface area contributed by atoms with Crippen molar-refractivity contribution in [2.45, 2.75) is 13.8 Å². The smallest absolute Gasteiger partial charge is 0.231 e. The van der Waals surface area contributed by atoms with Crippen LogP contribution < -0.4 is 9.47 Å². The lowest BCUT2D eigenvalue weighted by Crippen LogP contribution is -1.98. The van der Waals surface area contributed by atoms with Crippen molar-refractivity contribution in [3.63, 3.8) is 0 Å². The third-order valence-electron chi connectivity index (χ3n) is 3.66. The second-order valence-electron chi connectivity index (χ2n) is 5.83. The molecule has 0 atom stereocenters. The van der Waals surface area contributed by atoms with Crippen molar-refractivity contribution < 1.29 is 14.3 Å². The van der Waals surface area contributed by atoms with E-state index in [9.17, 15) is 4.79 Å². The first-order chi connectivity index (χ1) is 12.0. The lowest BCUT2D eigenvalue weighted by atomic mass is 10.1. The second-order valence-corrected chi connectivity index (χ2v) is 6.64. The number of fused-ring (bicyclic) bond motifs is 1. The van der Waals surface area contributed by atoms with E-state index in [0.29, 0.717) is 39.3 Å². The number of hydrogen-bond donors (Lipinski definition) is 0. The highest BCUT2D eigenvalue weighted by molar-refractivity contribution is 6.37. The number of benzene rings is 2. The number of ether oxygens (including phenoxy) is 2. The molecule has 0 bridgehead atoms. The molecule has 0 amide bonds. The standard InChI is InChI=1S/C20H16Cl2O3/c1-12(2)8-9-24-13-6-7-14-18(10-13)25-19(20(14)23)11-15-16(21)4-3-5-17(15)22/h3-8,10-11H,9H2,1-2H3/b19-11+. The van der Waals surface area contributed by atoms with Gasteiger partial charge in [-0.05, 0) is 50.3 Å². The molecule has 25 heavy (non-hydrogen) atoms. The van der Waals surface area contributed by atoms with Gasteiger partial charge in [-0.3, -0.25) is 4.79 Å². The maximum absolute atomic E-state index is 12.5. The molecule has 0 fully saturated rings. The van der Waals surface area contributed by atoms with Gasteiger partial charge in [0.1, 0.15) is 18.1 Å². The van der Waals surface area contributed by atoms with Crippen molar-refractivity contribution in [2.24, 2.45) is 0 Å². The quantitative estimate of drug-likeness (QED) is 0.489. The van der Waals surface area contributed by atoms with Gasteiger partial charge in [0.15, 0.2) is 5.76 Å². The molecule has 0 radical (unpaired) electrons. The minimum Gasteiger partial charge on any atom is -0.489 e. The van der Waals surface area contributed by atoms with Gasteiger partial charge in [-0.1, -0.05) is 34.8 Å². The molecule has 1 aliphatic rings. The Morgan fingerprint density at radius 2 is 1.88 bits per heavy atom. The number of rotatable bonds is 4. The summed E-state index contributed by atoms with van der Waals surface area (Å²) in [7, 11) is 0. The zero-order valence-corrected chi connectivity index (χ0v) is 15.3. The predicted octanol–water partition coefficient (Wildman–Crippen LogP) is 5.95. The molecule has 0 N–H and O–H groups in total. The molecule has 1 heterocycles. The molecule has 2 aromatic carbocycles. The molecule has 0 spiro atoms. The Kier molecular flexibility index (Phi) is 5.16. The van der Waals surface area contributed by atoms with E-state index in [1.807, 2.05) is 19.9 Å². The fourth-order valence-electron chi connectivity index (χ4n) is 2.34. The summed E-state index contributed by atoms with van der Waals surface area (Å²) in [4.78, 5) is 12.5. The number of ketones is 1. The Bertz CT molecular complexity index is 874. The fraction of sp³-hybridized carbons (Fsp3) is 0.150. The van der Waals surface area contributed by atoms with E-state index in [2.05, 4.69) is 0 Å². The topological polar surface area (TPSA) is 35.5 Å². The molecule has 0 unspecified atom stereocenters. The Morgan fingerprint density at radius 1 is 1.16 bits per heavy atom. The Labute approximate surface area is 156 Å². The number of allylic oxidation sites excluding steroid dienone is 2. The van der Waals surface area contributed by atoms with Crippen LogP contribution in [0.3, 0.4) is 0 Å². The summed E-state index contributed by atoms with van der Waals surface area (Å²) < 4.78 is 11.3. The molecule has 0 saturated heterocycles. The van der Waals surface area contributed by atoms with Crippen LogP contribution in [0.25, 0.3) is 6.08 Å². The van der Waals surface area contributed by atoms with E-state index in [4.69, 9.17) is 32.7 Å². The normalized spacial score (nSPS) is 14.2. The van der Waals surface area contributed by atoms with Crippen molar-refractivity contribution in [2.75, 3.05) is 6.61 Å². The molecule has 5 heteroatoms. The molecular formula is C20H16Cl2O3. The van der Waals surface area contributed by atoms with Gasteiger partial charge in [-0.15, -0.1) is 0 Å². The molecule has 3 rings (SSSR count). The lowest BCUT2D eigenvalue weighted by Gasteiger charge is -2.05. The third-order valence-corrected chi connectivity index (χ3v) is 4.32. The highest BCUT2D eigenvalue weighted by atomic mass is 35.5. The first-order valence-electron chi connectivity index (χ1n) is 7.74. The third kappa shape index (κ3) is 3.89. The summed E-state index contributed by atoms with van der Waals surface area (Å²) in [6.07, 6.45) is 3.54.